The fourth-order valence-electron chi connectivity index (χ4n) is 4.86. The second-order valence-corrected chi connectivity index (χ2v) is 11.3. The number of aryl methyl sites for hydroxylation is 1. The van der Waals surface area contributed by atoms with Gasteiger partial charge < -0.3 is 4.74 Å². The number of hydrogen-bond acceptors (Lipinski definition) is 7. The molecule has 0 radical (unpaired) electrons. The number of carbonyl (C=O) groups is 2. The summed E-state index contributed by atoms with van der Waals surface area (Å²) in [6, 6.07) is 19.6. The second-order valence-electron chi connectivity index (χ2n) is 10.4. The van der Waals surface area contributed by atoms with Crippen LogP contribution in [0.5, 0.6) is 5.75 Å². The van der Waals surface area contributed by atoms with E-state index < -0.39 is 12.4 Å². The molecule has 3 amide bonds. The third-order valence-corrected chi connectivity index (χ3v) is 8.08. The van der Waals surface area contributed by atoms with Crippen LogP contribution in [-0.2, 0) is 11.2 Å². The zero-order valence-corrected chi connectivity index (χ0v) is 25.9. The van der Waals surface area contributed by atoms with E-state index in [1.165, 1.54) is 51.9 Å². The number of hydrazine groups is 1. The number of carbonyl (C=O) groups excluding carboxylic acids is 2. The maximum Gasteiger partial charge on any atom is 0.573 e. The highest BCUT2D eigenvalue weighted by Crippen LogP contribution is 2.31. The number of benzene rings is 3. The van der Waals surface area contributed by atoms with Crippen molar-refractivity contribution in [1.82, 2.24) is 25.6 Å². The molecule has 3 aromatic carbocycles. The number of ether oxygens (including phenoxy) is 1. The number of para-hydroxylation sites is 1. The van der Waals surface area contributed by atoms with Crippen molar-refractivity contribution in [2.24, 2.45) is 4.99 Å². The lowest BCUT2D eigenvalue weighted by Gasteiger charge is -2.20. The highest BCUT2D eigenvalue weighted by atomic mass is 32.2. The van der Waals surface area contributed by atoms with Crippen LogP contribution in [0.4, 0.5) is 23.7 Å². The van der Waals surface area contributed by atoms with Crippen molar-refractivity contribution < 1.29 is 27.5 Å². The van der Waals surface area contributed by atoms with E-state index in [1.807, 2.05) is 55.5 Å². The number of unbranched alkanes of at least 4 members (excludes halogenated alkanes) is 1. The standard InChI is InChI=1S/C32H32F3N7O3S/c1-3-5-8-22-9-6-7-10-27(22)42-28(43)19-46-31(42)37-30(44)39-38-26(4-2)21-11-13-23(14-12-21)29-36-20-41(40-29)24-15-17-25(18-16-24)45-32(33,34)35/h6-7,9-18,20,26,38H,3-5,8,19H2,1-2H3,(H,39,44)/b37-31-. The molecular formula is C32H32F3N7O3S. The van der Waals surface area contributed by atoms with Gasteiger partial charge in [0, 0.05) is 5.56 Å². The molecule has 0 spiro atoms. The Balaban J connectivity index is 1.21. The summed E-state index contributed by atoms with van der Waals surface area (Å²) in [6.07, 6.45) is 0.205. The summed E-state index contributed by atoms with van der Waals surface area (Å²) >= 11 is 1.23. The summed E-state index contributed by atoms with van der Waals surface area (Å²) in [5.41, 5.74) is 9.62. The molecule has 1 atom stereocenters. The van der Waals surface area contributed by atoms with E-state index in [1.54, 1.807) is 0 Å². The number of amides is 3. The summed E-state index contributed by atoms with van der Waals surface area (Å²) in [5, 5.41) is 4.77. The second kappa shape index (κ2) is 14.6. The van der Waals surface area contributed by atoms with Gasteiger partial charge in [0.15, 0.2) is 11.0 Å². The van der Waals surface area contributed by atoms with Crippen LogP contribution in [0.15, 0.2) is 84.1 Å². The first-order valence-corrected chi connectivity index (χ1v) is 15.7. The van der Waals surface area contributed by atoms with Gasteiger partial charge in [-0.25, -0.2) is 19.9 Å². The predicted molar refractivity (Wildman–Crippen MR) is 171 cm³/mol. The molecule has 5 rings (SSSR count). The summed E-state index contributed by atoms with van der Waals surface area (Å²) in [7, 11) is 0. The molecule has 46 heavy (non-hydrogen) atoms. The molecule has 1 fully saturated rings. The van der Waals surface area contributed by atoms with Crippen LogP contribution < -0.4 is 20.5 Å². The van der Waals surface area contributed by atoms with Gasteiger partial charge in [0.25, 0.3) is 0 Å². The van der Waals surface area contributed by atoms with Crippen molar-refractivity contribution in [2.75, 3.05) is 10.7 Å². The van der Waals surface area contributed by atoms with Crippen LogP contribution in [0.1, 0.15) is 50.3 Å². The topological polar surface area (TPSA) is 114 Å². The van der Waals surface area contributed by atoms with Crippen molar-refractivity contribution in [3.63, 3.8) is 0 Å². The van der Waals surface area contributed by atoms with Crippen molar-refractivity contribution in [2.45, 2.75) is 51.9 Å². The number of thioether (sulfide) groups is 1. The summed E-state index contributed by atoms with van der Waals surface area (Å²) in [4.78, 5) is 35.7. The van der Waals surface area contributed by atoms with Crippen LogP contribution in [0.2, 0.25) is 0 Å². The van der Waals surface area contributed by atoms with Crippen molar-refractivity contribution >= 4 is 34.6 Å². The van der Waals surface area contributed by atoms with E-state index in [9.17, 15) is 22.8 Å². The Morgan fingerprint density at radius 3 is 2.50 bits per heavy atom. The SMILES string of the molecule is CCCCc1ccccc1N1C(=O)CS/C1=N\C(=O)NNC(CC)c1ccc(-c2ncn(-c3ccc(OC(F)(F)F)cc3)n2)cc1. The van der Waals surface area contributed by atoms with E-state index in [-0.39, 0.29) is 23.5 Å². The van der Waals surface area contributed by atoms with Gasteiger partial charge in [-0.05, 0) is 60.7 Å². The molecular weight excluding hydrogens is 619 g/mol. The van der Waals surface area contributed by atoms with E-state index >= 15 is 0 Å². The number of rotatable bonds is 11. The normalized spacial score (nSPS) is 14.9. The Morgan fingerprint density at radius 1 is 1.07 bits per heavy atom. The Morgan fingerprint density at radius 2 is 1.80 bits per heavy atom. The molecule has 4 aromatic rings. The lowest BCUT2D eigenvalue weighted by Crippen LogP contribution is -2.39. The molecule has 1 aliphatic rings. The highest BCUT2D eigenvalue weighted by Gasteiger charge is 2.32. The minimum Gasteiger partial charge on any atom is -0.406 e. The molecule has 1 aromatic heterocycles. The van der Waals surface area contributed by atoms with Crippen LogP contribution in [-0.4, -0.2) is 44.0 Å². The van der Waals surface area contributed by atoms with E-state index in [0.717, 1.165) is 41.6 Å². The van der Waals surface area contributed by atoms with Gasteiger partial charge in [0.05, 0.1) is 23.2 Å². The number of nitrogens with one attached hydrogen (secondary N) is 2. The average molecular weight is 652 g/mol. The highest BCUT2D eigenvalue weighted by molar-refractivity contribution is 8.15. The number of hydrogen-bond donors (Lipinski definition) is 2. The van der Waals surface area contributed by atoms with Crippen LogP contribution in [0.3, 0.4) is 0 Å². The minimum absolute atomic E-state index is 0.118. The maximum atomic E-state index is 12.8. The van der Waals surface area contributed by atoms with E-state index in [2.05, 4.69) is 37.6 Å². The fraction of sp³-hybridized carbons (Fsp3) is 0.281. The zero-order chi connectivity index (χ0) is 32.7. The van der Waals surface area contributed by atoms with Gasteiger partial charge in [0.1, 0.15) is 12.1 Å². The molecule has 14 heteroatoms. The molecule has 0 bridgehead atoms. The zero-order valence-electron chi connectivity index (χ0n) is 25.1. The Labute approximate surface area is 268 Å². The van der Waals surface area contributed by atoms with E-state index in [4.69, 9.17) is 0 Å². The van der Waals surface area contributed by atoms with Crippen molar-refractivity contribution in [3.05, 3.63) is 90.3 Å². The molecule has 1 saturated heterocycles. The number of anilines is 1. The van der Waals surface area contributed by atoms with Crippen molar-refractivity contribution in [1.29, 1.82) is 0 Å². The fourth-order valence-corrected chi connectivity index (χ4v) is 5.72. The van der Waals surface area contributed by atoms with Gasteiger partial charge >= 0.3 is 12.4 Å². The molecule has 2 N–H and O–H groups in total. The number of alkyl halides is 3. The quantitative estimate of drug-likeness (QED) is 0.168. The average Bonchev–Trinajstić information content (AvgIpc) is 3.67. The number of nitrogens with zero attached hydrogens (tertiary/aromatic N) is 5. The predicted octanol–water partition coefficient (Wildman–Crippen LogP) is 6.98. The van der Waals surface area contributed by atoms with Crippen LogP contribution in [0.25, 0.3) is 17.1 Å². The van der Waals surface area contributed by atoms with Gasteiger partial charge in [-0.2, -0.15) is 4.99 Å². The maximum absolute atomic E-state index is 12.8. The number of amidine groups is 1. The van der Waals surface area contributed by atoms with Gasteiger partial charge in [0.2, 0.25) is 5.91 Å². The van der Waals surface area contributed by atoms with Gasteiger partial charge in [-0.1, -0.05) is 74.5 Å². The first-order valence-electron chi connectivity index (χ1n) is 14.7. The largest absolute Gasteiger partial charge is 0.573 e. The number of urea groups is 1. The Bertz CT molecular complexity index is 1690. The lowest BCUT2D eigenvalue weighted by atomic mass is 10.0. The Kier molecular flexibility index (Phi) is 10.4. The van der Waals surface area contributed by atoms with E-state index in [0.29, 0.717) is 23.1 Å². The third-order valence-electron chi connectivity index (χ3n) is 7.15. The number of halogens is 3. The first-order chi connectivity index (χ1) is 22.1. The smallest absolute Gasteiger partial charge is 0.406 e. The molecule has 240 valence electrons. The molecule has 0 saturated carbocycles. The van der Waals surface area contributed by atoms with Crippen LogP contribution >= 0.6 is 11.8 Å². The molecule has 10 nitrogen and oxygen atoms in total. The number of aromatic nitrogens is 3. The van der Waals surface area contributed by atoms with Crippen molar-refractivity contribution in [3.8, 4) is 22.8 Å². The molecule has 0 aliphatic carbocycles. The molecule has 1 aliphatic heterocycles. The monoisotopic (exact) mass is 651 g/mol. The van der Waals surface area contributed by atoms with Gasteiger partial charge in [-0.15, -0.1) is 18.3 Å². The molecule has 1 unspecified atom stereocenters. The Hall–Kier alpha value is -4.69. The lowest BCUT2D eigenvalue weighted by molar-refractivity contribution is -0.274. The first kappa shape index (κ1) is 32.7. The molecule has 2 heterocycles. The van der Waals surface area contributed by atoms with Gasteiger partial charge in [-0.3, -0.25) is 15.1 Å². The number of aliphatic imine (C=N–C) groups is 1. The third kappa shape index (κ3) is 8.12. The van der Waals surface area contributed by atoms with Crippen LogP contribution in [0, 0.1) is 0 Å². The minimum atomic E-state index is -4.76. The summed E-state index contributed by atoms with van der Waals surface area (Å²) in [6.45, 7) is 4.08. The summed E-state index contributed by atoms with van der Waals surface area (Å²) in [5.74, 6) is 0.194. The summed E-state index contributed by atoms with van der Waals surface area (Å²) < 4.78 is 42.7.